The molecule has 4 heteroatoms. The van der Waals surface area contributed by atoms with Gasteiger partial charge in [0.15, 0.2) is 0 Å². The standard InChI is InChI=1S/C16H24N2OS/c1-11-10-12(4-9-15(11)17-2)16(19)18-13-5-7-14(20-3)8-6-13/h4,9-10,13-14,17H,5-8H2,1-3H3,(H,18,19). The third-order valence-electron chi connectivity index (χ3n) is 4.10. The monoisotopic (exact) mass is 292 g/mol. The van der Waals surface area contributed by atoms with Gasteiger partial charge < -0.3 is 10.6 Å². The first-order valence-electron chi connectivity index (χ1n) is 7.26. The molecule has 0 atom stereocenters. The van der Waals surface area contributed by atoms with Crippen LogP contribution in [-0.4, -0.2) is 30.5 Å². The number of thioether (sulfide) groups is 1. The summed E-state index contributed by atoms with van der Waals surface area (Å²) in [5.74, 6) is 0.0587. The number of rotatable bonds is 4. The van der Waals surface area contributed by atoms with E-state index < -0.39 is 0 Å². The lowest BCUT2D eigenvalue weighted by molar-refractivity contribution is 0.0928. The van der Waals surface area contributed by atoms with Crippen LogP contribution in [0.1, 0.15) is 41.6 Å². The van der Waals surface area contributed by atoms with Crippen LogP contribution in [0.15, 0.2) is 18.2 Å². The molecule has 2 rings (SSSR count). The van der Waals surface area contributed by atoms with E-state index in [1.165, 1.54) is 12.8 Å². The van der Waals surface area contributed by atoms with Crippen molar-refractivity contribution >= 4 is 23.4 Å². The smallest absolute Gasteiger partial charge is 0.251 e. The molecule has 20 heavy (non-hydrogen) atoms. The van der Waals surface area contributed by atoms with Crippen molar-refractivity contribution in [1.82, 2.24) is 5.32 Å². The van der Waals surface area contributed by atoms with Crippen LogP contribution in [0.2, 0.25) is 0 Å². The molecule has 0 spiro atoms. The molecule has 1 aliphatic rings. The maximum absolute atomic E-state index is 12.3. The van der Waals surface area contributed by atoms with Crippen LogP contribution < -0.4 is 10.6 Å². The summed E-state index contributed by atoms with van der Waals surface area (Å²) in [4.78, 5) is 12.3. The van der Waals surface area contributed by atoms with Crippen LogP contribution in [0.5, 0.6) is 0 Å². The molecule has 0 saturated heterocycles. The Hall–Kier alpha value is -1.16. The van der Waals surface area contributed by atoms with Crippen molar-refractivity contribution in [2.75, 3.05) is 18.6 Å². The number of amides is 1. The Kier molecular flexibility index (Phi) is 5.35. The average molecular weight is 292 g/mol. The average Bonchev–Trinajstić information content (AvgIpc) is 2.48. The zero-order valence-corrected chi connectivity index (χ0v) is 13.3. The number of nitrogens with one attached hydrogen (secondary N) is 2. The summed E-state index contributed by atoms with van der Waals surface area (Å²) in [6.07, 6.45) is 6.80. The molecule has 110 valence electrons. The fraction of sp³-hybridized carbons (Fsp3) is 0.562. The summed E-state index contributed by atoms with van der Waals surface area (Å²) in [5.41, 5.74) is 2.93. The molecule has 1 aromatic carbocycles. The van der Waals surface area contributed by atoms with E-state index in [0.29, 0.717) is 6.04 Å². The third kappa shape index (κ3) is 3.69. The van der Waals surface area contributed by atoms with Crippen molar-refractivity contribution in [2.24, 2.45) is 0 Å². The van der Waals surface area contributed by atoms with Crippen LogP contribution in [0.25, 0.3) is 0 Å². The second kappa shape index (κ2) is 7.02. The van der Waals surface area contributed by atoms with Gasteiger partial charge in [-0.25, -0.2) is 0 Å². The van der Waals surface area contributed by atoms with E-state index in [-0.39, 0.29) is 5.91 Å². The van der Waals surface area contributed by atoms with Crippen molar-refractivity contribution in [3.63, 3.8) is 0 Å². The molecule has 0 bridgehead atoms. The van der Waals surface area contributed by atoms with Crippen molar-refractivity contribution in [1.29, 1.82) is 0 Å². The third-order valence-corrected chi connectivity index (χ3v) is 5.24. The van der Waals surface area contributed by atoms with Crippen LogP contribution in [0, 0.1) is 6.92 Å². The predicted molar refractivity (Wildman–Crippen MR) is 87.8 cm³/mol. The summed E-state index contributed by atoms with van der Waals surface area (Å²) in [7, 11) is 1.90. The Bertz CT molecular complexity index is 468. The Morgan fingerprint density at radius 1 is 1.25 bits per heavy atom. The predicted octanol–water partition coefficient (Wildman–Crippen LogP) is 3.44. The van der Waals surface area contributed by atoms with Crippen molar-refractivity contribution in [2.45, 2.75) is 43.9 Å². The van der Waals surface area contributed by atoms with E-state index >= 15 is 0 Å². The molecule has 1 fully saturated rings. The quantitative estimate of drug-likeness (QED) is 0.893. The van der Waals surface area contributed by atoms with E-state index in [4.69, 9.17) is 0 Å². The molecule has 1 aromatic rings. The topological polar surface area (TPSA) is 41.1 Å². The molecule has 1 saturated carbocycles. The minimum Gasteiger partial charge on any atom is -0.388 e. The Labute approximate surface area is 125 Å². The highest BCUT2D eigenvalue weighted by Gasteiger charge is 2.22. The minimum atomic E-state index is 0.0587. The number of carbonyl (C=O) groups is 1. The Morgan fingerprint density at radius 3 is 2.50 bits per heavy atom. The molecule has 0 aliphatic heterocycles. The lowest BCUT2D eigenvalue weighted by atomic mass is 9.94. The highest BCUT2D eigenvalue weighted by atomic mass is 32.2. The van der Waals surface area contributed by atoms with Gasteiger partial charge in [0.05, 0.1) is 0 Å². The van der Waals surface area contributed by atoms with Crippen molar-refractivity contribution in [3.05, 3.63) is 29.3 Å². The summed E-state index contributed by atoms with van der Waals surface area (Å²) < 4.78 is 0. The van der Waals surface area contributed by atoms with E-state index in [1.807, 2.05) is 43.9 Å². The van der Waals surface area contributed by atoms with Gasteiger partial charge in [-0.15, -0.1) is 0 Å². The summed E-state index contributed by atoms with van der Waals surface area (Å²) in [6.45, 7) is 2.02. The highest BCUT2D eigenvalue weighted by molar-refractivity contribution is 7.99. The molecule has 1 aliphatic carbocycles. The van der Waals surface area contributed by atoms with Gasteiger partial charge >= 0.3 is 0 Å². The van der Waals surface area contributed by atoms with Gasteiger partial charge in [0, 0.05) is 29.6 Å². The first-order valence-corrected chi connectivity index (χ1v) is 8.55. The van der Waals surface area contributed by atoms with Crippen LogP contribution in [0.4, 0.5) is 5.69 Å². The Morgan fingerprint density at radius 2 is 1.95 bits per heavy atom. The fourth-order valence-corrected chi connectivity index (χ4v) is 3.54. The highest BCUT2D eigenvalue weighted by Crippen LogP contribution is 2.27. The maximum atomic E-state index is 12.3. The summed E-state index contributed by atoms with van der Waals surface area (Å²) >= 11 is 1.95. The first-order chi connectivity index (χ1) is 9.63. The fourth-order valence-electron chi connectivity index (χ4n) is 2.80. The lowest BCUT2D eigenvalue weighted by Gasteiger charge is -2.28. The van der Waals surface area contributed by atoms with E-state index in [2.05, 4.69) is 16.9 Å². The molecule has 0 aromatic heterocycles. The van der Waals surface area contributed by atoms with Crippen LogP contribution in [0.3, 0.4) is 0 Å². The number of hydrogen-bond donors (Lipinski definition) is 2. The van der Waals surface area contributed by atoms with Crippen molar-refractivity contribution < 1.29 is 4.79 Å². The lowest BCUT2D eigenvalue weighted by Crippen LogP contribution is -2.38. The molecule has 2 N–H and O–H groups in total. The van der Waals surface area contributed by atoms with Gasteiger partial charge in [-0.1, -0.05) is 0 Å². The second-order valence-corrected chi connectivity index (χ2v) is 6.60. The zero-order chi connectivity index (χ0) is 14.5. The molecule has 1 amide bonds. The van der Waals surface area contributed by atoms with Gasteiger partial charge in [-0.2, -0.15) is 11.8 Å². The molecule has 0 heterocycles. The molecular formula is C16H24N2OS. The van der Waals surface area contributed by atoms with Gasteiger partial charge in [-0.05, 0) is 62.6 Å². The number of hydrogen-bond acceptors (Lipinski definition) is 3. The molecule has 0 radical (unpaired) electrons. The molecule has 3 nitrogen and oxygen atoms in total. The second-order valence-electron chi connectivity index (χ2n) is 5.46. The largest absolute Gasteiger partial charge is 0.388 e. The van der Waals surface area contributed by atoms with Crippen molar-refractivity contribution in [3.8, 4) is 0 Å². The SMILES string of the molecule is CNc1ccc(C(=O)NC2CCC(SC)CC2)cc1C. The zero-order valence-electron chi connectivity index (χ0n) is 12.5. The number of anilines is 1. The normalized spacial score (nSPS) is 22.4. The number of benzene rings is 1. The number of aryl methyl sites for hydroxylation is 1. The minimum absolute atomic E-state index is 0.0587. The van der Waals surface area contributed by atoms with Gasteiger partial charge in [0.2, 0.25) is 0 Å². The van der Waals surface area contributed by atoms with Gasteiger partial charge in [0.25, 0.3) is 5.91 Å². The number of carbonyl (C=O) groups excluding carboxylic acids is 1. The summed E-state index contributed by atoms with van der Waals surface area (Å²) in [6, 6.07) is 6.15. The van der Waals surface area contributed by atoms with Crippen LogP contribution >= 0.6 is 11.8 Å². The van der Waals surface area contributed by atoms with E-state index in [9.17, 15) is 4.79 Å². The maximum Gasteiger partial charge on any atom is 0.251 e. The molecular weight excluding hydrogens is 268 g/mol. The molecule has 0 unspecified atom stereocenters. The van der Waals surface area contributed by atoms with Gasteiger partial charge in [-0.3, -0.25) is 4.79 Å². The summed E-state index contributed by atoms with van der Waals surface area (Å²) in [5, 5.41) is 7.07. The van der Waals surface area contributed by atoms with Gasteiger partial charge in [0.1, 0.15) is 0 Å². The Balaban J connectivity index is 1.93. The van der Waals surface area contributed by atoms with Crippen LogP contribution in [-0.2, 0) is 0 Å². The first kappa shape index (κ1) is 15.2. The van der Waals surface area contributed by atoms with E-state index in [0.717, 1.165) is 34.9 Å². The van der Waals surface area contributed by atoms with E-state index in [1.54, 1.807) is 0 Å².